The predicted octanol–water partition coefficient (Wildman–Crippen LogP) is 2.99. The van der Waals surface area contributed by atoms with Crippen molar-refractivity contribution >= 4 is 21.9 Å². The molecule has 0 aliphatic heterocycles. The second kappa shape index (κ2) is 6.25. The van der Waals surface area contributed by atoms with E-state index in [1.807, 2.05) is 0 Å². The maximum Gasteiger partial charge on any atom is 0.358 e. The summed E-state index contributed by atoms with van der Waals surface area (Å²) < 4.78 is 16.0. The molecule has 3 rings (SSSR count). The number of benzene rings is 1. The van der Waals surface area contributed by atoms with Crippen LogP contribution in [-0.2, 0) is 6.54 Å². The number of aromatic carboxylic acids is 1. The zero-order valence-electron chi connectivity index (χ0n) is 11.6. The highest BCUT2D eigenvalue weighted by Gasteiger charge is 2.22. The predicted molar refractivity (Wildman–Crippen MR) is 83.4 cm³/mol. The van der Waals surface area contributed by atoms with E-state index in [0.717, 1.165) is 0 Å². The molecule has 1 aromatic carbocycles. The number of nitrogens with zero attached hydrogens (tertiary/aromatic N) is 4. The lowest BCUT2D eigenvalue weighted by molar-refractivity contribution is 0.0691. The molecule has 0 aliphatic rings. The lowest BCUT2D eigenvalue weighted by Crippen LogP contribution is -2.08. The molecule has 0 amide bonds. The number of rotatable bonds is 4. The molecule has 0 radical (unpaired) electrons. The summed E-state index contributed by atoms with van der Waals surface area (Å²) in [5, 5.41) is 16.8. The Kier molecular flexibility index (Phi) is 4.16. The minimum absolute atomic E-state index is 0.0469. The summed E-state index contributed by atoms with van der Waals surface area (Å²) in [7, 11) is 0. The van der Waals surface area contributed by atoms with Crippen LogP contribution >= 0.6 is 15.9 Å². The molecule has 23 heavy (non-hydrogen) atoms. The molecule has 0 bridgehead atoms. The van der Waals surface area contributed by atoms with Crippen LogP contribution in [0.4, 0.5) is 4.39 Å². The van der Waals surface area contributed by atoms with Gasteiger partial charge in [-0.1, -0.05) is 33.3 Å². The average Bonchev–Trinajstić information content (AvgIpc) is 2.95. The molecule has 2 heterocycles. The highest BCUT2D eigenvalue weighted by Crippen LogP contribution is 2.22. The summed E-state index contributed by atoms with van der Waals surface area (Å²) in [4.78, 5) is 15.5. The van der Waals surface area contributed by atoms with E-state index in [1.165, 1.54) is 10.7 Å². The van der Waals surface area contributed by atoms with E-state index in [-0.39, 0.29) is 17.9 Å². The van der Waals surface area contributed by atoms with Gasteiger partial charge in [0.2, 0.25) is 0 Å². The summed E-state index contributed by atoms with van der Waals surface area (Å²) in [6.07, 6.45) is 1.54. The van der Waals surface area contributed by atoms with Crippen LogP contribution in [0.1, 0.15) is 16.1 Å². The van der Waals surface area contributed by atoms with Crippen LogP contribution < -0.4 is 0 Å². The van der Waals surface area contributed by atoms with Crippen molar-refractivity contribution in [1.29, 1.82) is 0 Å². The number of halogens is 2. The third-order valence-corrected chi connectivity index (χ3v) is 3.67. The number of hydrogen-bond acceptors (Lipinski definition) is 4. The second-order valence-electron chi connectivity index (χ2n) is 4.70. The Morgan fingerprint density at radius 1 is 1.30 bits per heavy atom. The topological polar surface area (TPSA) is 80.9 Å². The number of aromatic nitrogens is 4. The van der Waals surface area contributed by atoms with Gasteiger partial charge < -0.3 is 5.11 Å². The van der Waals surface area contributed by atoms with Gasteiger partial charge in [0.25, 0.3) is 0 Å². The van der Waals surface area contributed by atoms with Crippen molar-refractivity contribution in [3.63, 3.8) is 0 Å². The molecular weight excluding hydrogens is 367 g/mol. The smallest absolute Gasteiger partial charge is 0.358 e. The number of hydrogen-bond donors (Lipinski definition) is 1. The molecule has 1 N–H and O–H groups in total. The van der Waals surface area contributed by atoms with Gasteiger partial charge in [0.1, 0.15) is 11.5 Å². The van der Waals surface area contributed by atoms with Gasteiger partial charge in [0.15, 0.2) is 5.69 Å². The fraction of sp³-hybridized carbons (Fsp3) is 0.0667. The molecule has 6 nitrogen and oxygen atoms in total. The van der Waals surface area contributed by atoms with Crippen molar-refractivity contribution in [1.82, 2.24) is 20.0 Å². The molecule has 0 saturated carbocycles. The van der Waals surface area contributed by atoms with Crippen molar-refractivity contribution < 1.29 is 14.3 Å². The largest absolute Gasteiger partial charge is 0.476 e. The SMILES string of the molecule is O=C(O)c1nnn(Cc2ccc(Br)cc2F)c1-c1ccccn1. The molecule has 0 atom stereocenters. The summed E-state index contributed by atoms with van der Waals surface area (Å²) in [5.41, 5.74) is 0.793. The summed E-state index contributed by atoms with van der Waals surface area (Å²) in [5.74, 6) is -1.63. The molecule has 0 aliphatic carbocycles. The van der Waals surface area contributed by atoms with Gasteiger partial charge in [-0.2, -0.15) is 0 Å². The van der Waals surface area contributed by atoms with Crippen molar-refractivity contribution in [3.05, 3.63) is 64.1 Å². The zero-order chi connectivity index (χ0) is 16.4. The van der Waals surface area contributed by atoms with Crippen molar-refractivity contribution in [2.45, 2.75) is 6.54 Å². The number of carbonyl (C=O) groups is 1. The van der Waals surface area contributed by atoms with Crippen molar-refractivity contribution in [3.8, 4) is 11.4 Å². The molecule has 0 saturated heterocycles. The van der Waals surface area contributed by atoms with Gasteiger partial charge >= 0.3 is 5.97 Å². The minimum atomic E-state index is -1.21. The molecule has 0 fully saturated rings. The summed E-state index contributed by atoms with van der Waals surface area (Å²) in [6.45, 7) is 0.0469. The highest BCUT2D eigenvalue weighted by molar-refractivity contribution is 9.10. The number of carboxylic acid groups (broad SMARTS) is 1. The van der Waals surface area contributed by atoms with Crippen LogP contribution in [0, 0.1) is 5.82 Å². The number of pyridine rings is 1. The summed E-state index contributed by atoms with van der Waals surface area (Å²) in [6, 6.07) is 9.74. The van der Waals surface area contributed by atoms with Crippen LogP contribution in [0.5, 0.6) is 0 Å². The van der Waals surface area contributed by atoms with Gasteiger partial charge in [-0.25, -0.2) is 13.9 Å². The molecule has 116 valence electrons. The first-order chi connectivity index (χ1) is 11.1. The average molecular weight is 377 g/mol. The minimum Gasteiger partial charge on any atom is -0.476 e. The normalized spacial score (nSPS) is 10.7. The maximum absolute atomic E-state index is 14.0. The first kappa shape index (κ1) is 15.3. The monoisotopic (exact) mass is 376 g/mol. The Labute approximate surface area is 138 Å². The molecule has 2 aromatic heterocycles. The lowest BCUT2D eigenvalue weighted by atomic mass is 10.2. The van der Waals surface area contributed by atoms with E-state index in [1.54, 1.807) is 36.5 Å². The Hall–Kier alpha value is -2.61. The van der Waals surface area contributed by atoms with Crippen LogP contribution in [0.3, 0.4) is 0 Å². The fourth-order valence-electron chi connectivity index (χ4n) is 2.14. The Bertz CT molecular complexity index is 867. The van der Waals surface area contributed by atoms with Crippen LogP contribution in [-0.4, -0.2) is 31.1 Å². The molecule has 0 spiro atoms. The van der Waals surface area contributed by atoms with Gasteiger partial charge in [-0.3, -0.25) is 4.98 Å². The van der Waals surface area contributed by atoms with Crippen LogP contribution in [0.15, 0.2) is 47.1 Å². The Morgan fingerprint density at radius 3 is 2.78 bits per heavy atom. The second-order valence-corrected chi connectivity index (χ2v) is 5.62. The van der Waals surface area contributed by atoms with Crippen LogP contribution in [0.2, 0.25) is 0 Å². The van der Waals surface area contributed by atoms with Gasteiger partial charge in [-0.05, 0) is 24.3 Å². The molecular formula is C15H10BrFN4O2. The first-order valence-corrected chi connectivity index (χ1v) is 7.37. The van der Waals surface area contributed by atoms with E-state index in [0.29, 0.717) is 15.7 Å². The zero-order valence-corrected chi connectivity index (χ0v) is 13.2. The van der Waals surface area contributed by atoms with Gasteiger partial charge in [0, 0.05) is 16.2 Å². The van der Waals surface area contributed by atoms with E-state index >= 15 is 0 Å². The highest BCUT2D eigenvalue weighted by atomic mass is 79.9. The van der Waals surface area contributed by atoms with E-state index < -0.39 is 11.8 Å². The van der Waals surface area contributed by atoms with E-state index in [4.69, 9.17) is 0 Å². The molecule has 3 aromatic rings. The maximum atomic E-state index is 14.0. The number of carboxylic acids is 1. The molecule has 0 unspecified atom stereocenters. The fourth-order valence-corrected chi connectivity index (χ4v) is 2.47. The quantitative estimate of drug-likeness (QED) is 0.756. The lowest BCUT2D eigenvalue weighted by Gasteiger charge is -2.08. The molecule has 8 heteroatoms. The first-order valence-electron chi connectivity index (χ1n) is 6.58. The van der Waals surface area contributed by atoms with Crippen molar-refractivity contribution in [2.75, 3.05) is 0 Å². The third kappa shape index (κ3) is 3.11. The van der Waals surface area contributed by atoms with Crippen molar-refractivity contribution in [2.24, 2.45) is 0 Å². The third-order valence-electron chi connectivity index (χ3n) is 3.18. The Balaban J connectivity index is 2.08. The van der Waals surface area contributed by atoms with E-state index in [9.17, 15) is 14.3 Å². The van der Waals surface area contributed by atoms with E-state index in [2.05, 4.69) is 31.2 Å². The standard InChI is InChI=1S/C15H10BrFN4O2/c16-10-5-4-9(11(17)7-10)8-21-14(12-3-1-2-6-18-12)13(15(22)23)19-20-21/h1-7H,8H2,(H,22,23). The van der Waals surface area contributed by atoms with Gasteiger partial charge in [0.05, 0.1) is 12.2 Å². The summed E-state index contributed by atoms with van der Waals surface area (Å²) >= 11 is 3.19. The Morgan fingerprint density at radius 2 is 2.13 bits per heavy atom. The van der Waals surface area contributed by atoms with Crippen LogP contribution in [0.25, 0.3) is 11.4 Å². The van der Waals surface area contributed by atoms with Gasteiger partial charge in [-0.15, -0.1) is 5.10 Å².